The van der Waals surface area contributed by atoms with Crippen LogP contribution in [0.5, 0.6) is 0 Å². The molecule has 0 unspecified atom stereocenters. The second kappa shape index (κ2) is 7.60. The van der Waals surface area contributed by atoms with E-state index in [1.807, 2.05) is 18.2 Å². The summed E-state index contributed by atoms with van der Waals surface area (Å²) in [7, 11) is 0. The lowest BCUT2D eigenvalue weighted by Gasteiger charge is -2.04. The Labute approximate surface area is 119 Å². The molecule has 0 aliphatic carbocycles. The fourth-order valence-electron chi connectivity index (χ4n) is 2.20. The Bertz CT molecular complexity index is 578. The normalized spacial score (nSPS) is 10.7. The first-order valence-electron chi connectivity index (χ1n) is 7.11. The van der Waals surface area contributed by atoms with Gasteiger partial charge in [0.15, 0.2) is 0 Å². The van der Waals surface area contributed by atoms with Crippen molar-refractivity contribution in [3.05, 3.63) is 63.8 Å². The summed E-state index contributed by atoms with van der Waals surface area (Å²) < 4.78 is 0. The van der Waals surface area contributed by atoms with Gasteiger partial charge in [0.05, 0.1) is 0 Å². The van der Waals surface area contributed by atoms with Crippen molar-refractivity contribution in [2.75, 3.05) is 6.54 Å². The number of hydrogen-bond donors (Lipinski definition) is 2. The number of aromatic amines is 1. The fourth-order valence-corrected chi connectivity index (χ4v) is 2.20. The van der Waals surface area contributed by atoms with Gasteiger partial charge in [-0.15, -0.1) is 0 Å². The van der Waals surface area contributed by atoms with Gasteiger partial charge in [-0.1, -0.05) is 30.3 Å². The molecule has 1 heterocycles. The first kappa shape index (κ1) is 14.5. The first-order valence-corrected chi connectivity index (χ1v) is 7.11. The molecule has 2 rings (SSSR count). The molecule has 0 amide bonds. The van der Waals surface area contributed by atoms with Crippen LogP contribution in [-0.2, 0) is 19.3 Å². The number of aryl methyl sites for hydroxylation is 3. The lowest BCUT2D eigenvalue weighted by Crippen LogP contribution is -2.14. The molecule has 106 valence electrons. The minimum atomic E-state index is -0.0678. The molecule has 20 heavy (non-hydrogen) atoms. The maximum absolute atomic E-state index is 11.6. The summed E-state index contributed by atoms with van der Waals surface area (Å²) >= 11 is 0. The topological polar surface area (TPSA) is 71.8 Å². The van der Waals surface area contributed by atoms with Crippen molar-refractivity contribution in [2.24, 2.45) is 5.73 Å². The van der Waals surface area contributed by atoms with Crippen molar-refractivity contribution in [3.63, 3.8) is 0 Å². The van der Waals surface area contributed by atoms with Crippen LogP contribution in [0.15, 0.2) is 41.2 Å². The second-order valence-corrected chi connectivity index (χ2v) is 4.91. The summed E-state index contributed by atoms with van der Waals surface area (Å²) in [5.74, 6) is 0.778. The van der Waals surface area contributed by atoms with Crippen molar-refractivity contribution >= 4 is 0 Å². The molecule has 0 atom stereocenters. The maximum Gasteiger partial charge on any atom is 0.251 e. The standard InChI is InChI=1S/C16H21N3O/c17-11-5-9-14-12-16(20)19-15(18-14)10-4-8-13-6-2-1-3-7-13/h1-3,6-7,12H,4-5,8-11,17H2,(H,18,19,20). The average Bonchev–Trinajstić information content (AvgIpc) is 2.46. The minimum Gasteiger partial charge on any atom is -0.330 e. The number of aromatic nitrogens is 2. The SMILES string of the molecule is NCCCc1cc(=O)[nH]c(CCCc2ccccc2)n1. The van der Waals surface area contributed by atoms with Crippen LogP contribution in [0, 0.1) is 0 Å². The molecule has 4 nitrogen and oxygen atoms in total. The van der Waals surface area contributed by atoms with Gasteiger partial charge >= 0.3 is 0 Å². The minimum absolute atomic E-state index is 0.0678. The van der Waals surface area contributed by atoms with Crippen molar-refractivity contribution < 1.29 is 0 Å². The molecule has 0 radical (unpaired) electrons. The number of nitrogens with two attached hydrogens (primary N) is 1. The van der Waals surface area contributed by atoms with E-state index in [4.69, 9.17) is 5.73 Å². The van der Waals surface area contributed by atoms with Gasteiger partial charge in [0.1, 0.15) is 5.82 Å². The van der Waals surface area contributed by atoms with E-state index in [-0.39, 0.29) is 5.56 Å². The van der Waals surface area contributed by atoms with Crippen molar-refractivity contribution in [3.8, 4) is 0 Å². The molecule has 4 heteroatoms. The summed E-state index contributed by atoms with van der Waals surface area (Å²) in [6.07, 6.45) is 4.40. The largest absolute Gasteiger partial charge is 0.330 e. The highest BCUT2D eigenvalue weighted by Crippen LogP contribution is 2.05. The molecular formula is C16H21N3O. The molecule has 0 spiro atoms. The third-order valence-electron chi connectivity index (χ3n) is 3.20. The molecule has 3 N–H and O–H groups in total. The molecule has 2 aromatic rings. The van der Waals surface area contributed by atoms with Crippen LogP contribution >= 0.6 is 0 Å². The Morgan fingerprint density at radius 3 is 2.60 bits per heavy atom. The molecule has 0 aliphatic heterocycles. The molecule has 0 fully saturated rings. The summed E-state index contributed by atoms with van der Waals surface area (Å²) in [5.41, 5.74) is 7.57. The summed E-state index contributed by atoms with van der Waals surface area (Å²) in [6, 6.07) is 11.9. The molecule has 1 aromatic carbocycles. The summed E-state index contributed by atoms with van der Waals surface area (Å²) in [4.78, 5) is 18.9. The monoisotopic (exact) mass is 271 g/mol. The Morgan fingerprint density at radius 1 is 1.05 bits per heavy atom. The van der Waals surface area contributed by atoms with Gasteiger partial charge in [-0.2, -0.15) is 0 Å². The van der Waals surface area contributed by atoms with Crippen molar-refractivity contribution in [1.29, 1.82) is 0 Å². The fraction of sp³-hybridized carbons (Fsp3) is 0.375. The van der Waals surface area contributed by atoms with Gasteiger partial charge in [0.2, 0.25) is 0 Å². The number of H-pyrrole nitrogens is 1. The lowest BCUT2D eigenvalue weighted by atomic mass is 10.1. The predicted octanol–water partition coefficient (Wildman–Crippen LogP) is 1.84. The Hall–Kier alpha value is -1.94. The van der Waals surface area contributed by atoms with Crippen molar-refractivity contribution in [2.45, 2.75) is 32.1 Å². The third kappa shape index (κ3) is 4.63. The van der Waals surface area contributed by atoms with Gasteiger partial charge in [-0.3, -0.25) is 4.79 Å². The Balaban J connectivity index is 1.92. The number of nitrogens with zero attached hydrogens (tertiary/aromatic N) is 1. The summed E-state index contributed by atoms with van der Waals surface area (Å²) in [6.45, 7) is 0.623. The highest BCUT2D eigenvalue weighted by atomic mass is 16.1. The number of rotatable bonds is 7. The van der Waals surface area contributed by atoms with Gasteiger partial charge in [0, 0.05) is 18.2 Å². The zero-order valence-corrected chi connectivity index (χ0v) is 11.6. The maximum atomic E-state index is 11.6. The van der Waals surface area contributed by atoms with Crippen LogP contribution in [0.1, 0.15) is 29.9 Å². The van der Waals surface area contributed by atoms with E-state index in [9.17, 15) is 4.79 Å². The van der Waals surface area contributed by atoms with Crippen LogP contribution in [0.2, 0.25) is 0 Å². The van der Waals surface area contributed by atoms with Crippen LogP contribution in [-0.4, -0.2) is 16.5 Å². The predicted molar refractivity (Wildman–Crippen MR) is 80.7 cm³/mol. The zero-order valence-electron chi connectivity index (χ0n) is 11.6. The lowest BCUT2D eigenvalue weighted by molar-refractivity contribution is 0.737. The van der Waals surface area contributed by atoms with Gasteiger partial charge in [-0.25, -0.2) is 4.98 Å². The van der Waals surface area contributed by atoms with Crippen LogP contribution in [0.3, 0.4) is 0 Å². The molecular weight excluding hydrogens is 250 g/mol. The smallest absolute Gasteiger partial charge is 0.251 e. The number of nitrogens with one attached hydrogen (secondary N) is 1. The van der Waals surface area contributed by atoms with Crippen LogP contribution < -0.4 is 11.3 Å². The zero-order chi connectivity index (χ0) is 14.2. The molecule has 1 aromatic heterocycles. The van der Waals surface area contributed by atoms with E-state index < -0.39 is 0 Å². The van der Waals surface area contributed by atoms with Gasteiger partial charge in [0.25, 0.3) is 5.56 Å². The average molecular weight is 271 g/mol. The highest BCUT2D eigenvalue weighted by Gasteiger charge is 2.02. The first-order chi connectivity index (χ1) is 9.78. The van der Waals surface area contributed by atoms with E-state index in [2.05, 4.69) is 22.1 Å². The second-order valence-electron chi connectivity index (χ2n) is 4.91. The molecule has 0 saturated heterocycles. The van der Waals surface area contributed by atoms with Crippen LogP contribution in [0.4, 0.5) is 0 Å². The quantitative estimate of drug-likeness (QED) is 0.807. The summed E-state index contributed by atoms with van der Waals surface area (Å²) in [5, 5.41) is 0. The Kier molecular flexibility index (Phi) is 5.50. The number of benzene rings is 1. The van der Waals surface area contributed by atoms with E-state index in [1.165, 1.54) is 5.56 Å². The third-order valence-corrected chi connectivity index (χ3v) is 3.20. The molecule has 0 bridgehead atoms. The van der Waals surface area contributed by atoms with Crippen molar-refractivity contribution in [1.82, 2.24) is 9.97 Å². The Morgan fingerprint density at radius 2 is 1.85 bits per heavy atom. The van der Waals surface area contributed by atoms with E-state index >= 15 is 0 Å². The van der Waals surface area contributed by atoms with E-state index in [1.54, 1.807) is 6.07 Å². The van der Waals surface area contributed by atoms with E-state index in [0.29, 0.717) is 6.54 Å². The molecule has 0 aliphatic rings. The van der Waals surface area contributed by atoms with E-state index in [0.717, 1.165) is 43.6 Å². The number of hydrogen-bond acceptors (Lipinski definition) is 3. The highest BCUT2D eigenvalue weighted by molar-refractivity contribution is 5.14. The van der Waals surface area contributed by atoms with Crippen LogP contribution in [0.25, 0.3) is 0 Å². The van der Waals surface area contributed by atoms with Gasteiger partial charge < -0.3 is 10.7 Å². The van der Waals surface area contributed by atoms with Gasteiger partial charge in [-0.05, 0) is 37.8 Å². The molecule has 0 saturated carbocycles.